The van der Waals surface area contributed by atoms with Crippen LogP contribution in [0.2, 0.25) is 0 Å². The van der Waals surface area contributed by atoms with Gasteiger partial charge in [0.2, 0.25) is 10.0 Å². The Bertz CT molecular complexity index is 979. The zero-order valence-electron chi connectivity index (χ0n) is 15.0. The third-order valence-electron chi connectivity index (χ3n) is 5.08. The first-order chi connectivity index (χ1) is 13.1. The lowest BCUT2D eigenvalue weighted by atomic mass is 9.92. The second-order valence-electron chi connectivity index (χ2n) is 6.88. The Hall–Kier alpha value is -2.50. The van der Waals surface area contributed by atoms with Gasteiger partial charge in [-0.1, -0.05) is 36.4 Å². The lowest BCUT2D eigenvalue weighted by molar-refractivity contribution is 0.571. The molecule has 0 saturated heterocycles. The van der Waals surface area contributed by atoms with E-state index in [1.165, 1.54) is 12.0 Å². The van der Waals surface area contributed by atoms with Crippen LogP contribution in [0.1, 0.15) is 41.1 Å². The highest BCUT2D eigenvalue weighted by atomic mass is 32.2. The predicted octanol–water partition coefficient (Wildman–Crippen LogP) is 4.03. The molecule has 5 heteroatoms. The van der Waals surface area contributed by atoms with E-state index in [4.69, 9.17) is 0 Å². The van der Waals surface area contributed by atoms with Gasteiger partial charge in [0.05, 0.1) is 10.9 Å². The Morgan fingerprint density at radius 1 is 0.815 bits per heavy atom. The van der Waals surface area contributed by atoms with Crippen molar-refractivity contribution in [2.45, 2.75) is 36.6 Å². The van der Waals surface area contributed by atoms with Crippen molar-refractivity contribution < 1.29 is 8.42 Å². The van der Waals surface area contributed by atoms with Crippen LogP contribution < -0.4 is 4.72 Å². The number of hydrogen-bond acceptors (Lipinski definition) is 3. The Morgan fingerprint density at radius 2 is 1.48 bits per heavy atom. The highest BCUT2D eigenvalue weighted by Gasteiger charge is 2.24. The zero-order valence-corrected chi connectivity index (χ0v) is 15.8. The van der Waals surface area contributed by atoms with E-state index in [-0.39, 0.29) is 0 Å². The van der Waals surface area contributed by atoms with Gasteiger partial charge in [0.1, 0.15) is 0 Å². The maximum atomic E-state index is 13.1. The van der Waals surface area contributed by atoms with Crippen LogP contribution in [-0.2, 0) is 22.9 Å². The molecule has 1 N–H and O–H groups in total. The SMILES string of the molecule is O=S(=O)(NC(c1ccccc1)c1ccncc1)c1ccc2c(c1)CCCC2. The van der Waals surface area contributed by atoms with E-state index >= 15 is 0 Å². The molecule has 0 amide bonds. The Balaban J connectivity index is 1.70. The standard InChI is InChI=1S/C22H22N2O2S/c25-27(26,21-11-10-17-6-4-5-9-20(17)16-21)24-22(18-7-2-1-3-8-18)19-12-14-23-15-13-19/h1-3,7-8,10-16,22,24H,4-6,9H2. The first-order valence-electron chi connectivity index (χ1n) is 9.22. The Morgan fingerprint density at radius 3 is 2.22 bits per heavy atom. The van der Waals surface area contributed by atoms with E-state index in [1.807, 2.05) is 54.6 Å². The Kier molecular flexibility index (Phi) is 5.05. The molecule has 1 unspecified atom stereocenters. The third kappa shape index (κ3) is 3.94. The number of benzene rings is 2. The molecule has 3 aromatic rings. The van der Waals surface area contributed by atoms with E-state index in [0.29, 0.717) is 4.90 Å². The number of rotatable bonds is 5. The minimum Gasteiger partial charge on any atom is -0.265 e. The van der Waals surface area contributed by atoms with Crippen LogP contribution in [0, 0.1) is 0 Å². The first-order valence-corrected chi connectivity index (χ1v) is 10.7. The van der Waals surface area contributed by atoms with Gasteiger partial charge in [-0.3, -0.25) is 4.98 Å². The number of aromatic nitrogens is 1. The number of nitrogens with one attached hydrogen (secondary N) is 1. The molecule has 1 aliphatic rings. The highest BCUT2D eigenvalue weighted by molar-refractivity contribution is 7.89. The van der Waals surface area contributed by atoms with Crippen molar-refractivity contribution in [3.8, 4) is 0 Å². The van der Waals surface area contributed by atoms with Gasteiger partial charge in [-0.05, 0) is 72.2 Å². The van der Waals surface area contributed by atoms with E-state index < -0.39 is 16.1 Å². The van der Waals surface area contributed by atoms with Crippen LogP contribution in [-0.4, -0.2) is 13.4 Å². The van der Waals surface area contributed by atoms with Gasteiger partial charge in [-0.15, -0.1) is 0 Å². The summed E-state index contributed by atoms with van der Waals surface area (Å²) >= 11 is 0. The van der Waals surface area contributed by atoms with Crippen molar-refractivity contribution in [1.29, 1.82) is 0 Å². The molecule has 0 saturated carbocycles. The summed E-state index contributed by atoms with van der Waals surface area (Å²) < 4.78 is 29.2. The van der Waals surface area contributed by atoms with Crippen molar-refractivity contribution in [2.24, 2.45) is 0 Å². The van der Waals surface area contributed by atoms with Gasteiger partial charge >= 0.3 is 0 Å². The predicted molar refractivity (Wildman–Crippen MR) is 106 cm³/mol. The molecule has 0 aliphatic heterocycles. The highest BCUT2D eigenvalue weighted by Crippen LogP contribution is 2.27. The number of pyridine rings is 1. The van der Waals surface area contributed by atoms with Crippen molar-refractivity contribution in [3.63, 3.8) is 0 Å². The normalized spacial score (nSPS) is 15.1. The molecule has 138 valence electrons. The largest absolute Gasteiger partial charge is 0.265 e. The van der Waals surface area contributed by atoms with E-state index in [1.54, 1.807) is 18.5 Å². The Labute approximate surface area is 160 Å². The summed E-state index contributed by atoms with van der Waals surface area (Å²) in [5.41, 5.74) is 4.18. The van der Waals surface area contributed by atoms with Gasteiger partial charge in [-0.2, -0.15) is 4.72 Å². The minimum absolute atomic E-state index is 0.332. The quantitative estimate of drug-likeness (QED) is 0.729. The average Bonchev–Trinajstić information content (AvgIpc) is 2.73. The molecule has 0 fully saturated rings. The lowest BCUT2D eigenvalue weighted by Gasteiger charge is -2.21. The monoisotopic (exact) mass is 378 g/mol. The summed E-state index contributed by atoms with van der Waals surface area (Å²) in [5.74, 6) is 0. The number of fused-ring (bicyclic) bond motifs is 1. The van der Waals surface area contributed by atoms with Crippen molar-refractivity contribution in [3.05, 3.63) is 95.3 Å². The molecule has 1 atom stereocenters. The fraction of sp³-hybridized carbons (Fsp3) is 0.227. The fourth-order valence-corrected chi connectivity index (χ4v) is 4.89. The van der Waals surface area contributed by atoms with Crippen LogP contribution >= 0.6 is 0 Å². The van der Waals surface area contributed by atoms with Gasteiger partial charge in [0.25, 0.3) is 0 Å². The smallest absolute Gasteiger partial charge is 0.241 e. The summed E-state index contributed by atoms with van der Waals surface area (Å²) in [4.78, 5) is 4.38. The fourth-order valence-electron chi connectivity index (χ4n) is 3.63. The summed E-state index contributed by atoms with van der Waals surface area (Å²) in [7, 11) is -3.66. The van der Waals surface area contributed by atoms with Gasteiger partial charge in [-0.25, -0.2) is 8.42 Å². The molecule has 4 rings (SSSR count). The third-order valence-corrected chi connectivity index (χ3v) is 6.50. The topological polar surface area (TPSA) is 59.1 Å². The van der Waals surface area contributed by atoms with Gasteiger partial charge < -0.3 is 0 Å². The molecule has 1 heterocycles. The maximum absolute atomic E-state index is 13.1. The lowest BCUT2D eigenvalue weighted by Crippen LogP contribution is -2.29. The molecule has 1 aromatic heterocycles. The average molecular weight is 378 g/mol. The van der Waals surface area contributed by atoms with Gasteiger partial charge in [0, 0.05) is 12.4 Å². The molecule has 0 radical (unpaired) electrons. The molecule has 1 aliphatic carbocycles. The van der Waals surface area contributed by atoms with Crippen molar-refractivity contribution in [2.75, 3.05) is 0 Å². The first kappa shape index (κ1) is 17.9. The summed E-state index contributed by atoms with van der Waals surface area (Å²) in [6, 6.07) is 18.4. The molecule has 27 heavy (non-hydrogen) atoms. The zero-order chi connectivity index (χ0) is 18.7. The number of hydrogen-bond donors (Lipinski definition) is 1. The summed E-state index contributed by atoms with van der Waals surface area (Å²) in [5, 5.41) is 0. The second kappa shape index (κ2) is 7.62. The second-order valence-corrected chi connectivity index (χ2v) is 8.60. The molecule has 2 aromatic carbocycles. The van der Waals surface area contributed by atoms with Crippen LogP contribution in [0.4, 0.5) is 0 Å². The summed E-state index contributed by atoms with van der Waals surface area (Å²) in [6.45, 7) is 0. The van der Waals surface area contributed by atoms with E-state index in [0.717, 1.165) is 36.0 Å². The van der Waals surface area contributed by atoms with Crippen LogP contribution in [0.15, 0.2) is 78.0 Å². The van der Waals surface area contributed by atoms with Crippen LogP contribution in [0.25, 0.3) is 0 Å². The van der Waals surface area contributed by atoms with Crippen LogP contribution in [0.5, 0.6) is 0 Å². The number of sulfonamides is 1. The van der Waals surface area contributed by atoms with Crippen molar-refractivity contribution in [1.82, 2.24) is 9.71 Å². The summed E-state index contributed by atoms with van der Waals surface area (Å²) in [6.07, 6.45) is 7.64. The molecule has 0 spiro atoms. The molecular formula is C22H22N2O2S. The molecule has 0 bridgehead atoms. The minimum atomic E-state index is -3.66. The number of aryl methyl sites for hydroxylation is 2. The molecule has 4 nitrogen and oxygen atoms in total. The molecular weight excluding hydrogens is 356 g/mol. The van der Waals surface area contributed by atoms with E-state index in [2.05, 4.69) is 9.71 Å². The van der Waals surface area contributed by atoms with Gasteiger partial charge in [0.15, 0.2) is 0 Å². The number of nitrogens with zero attached hydrogens (tertiary/aromatic N) is 1. The maximum Gasteiger partial charge on any atom is 0.241 e. The van der Waals surface area contributed by atoms with E-state index in [9.17, 15) is 8.42 Å². The van der Waals surface area contributed by atoms with Crippen molar-refractivity contribution >= 4 is 10.0 Å². The van der Waals surface area contributed by atoms with Crippen LogP contribution in [0.3, 0.4) is 0 Å².